The third-order valence-electron chi connectivity index (χ3n) is 4.22. The molecule has 0 aliphatic heterocycles. The number of sulfonamides is 1. The highest BCUT2D eigenvalue weighted by molar-refractivity contribution is 7.92. The molecular formula is C21H18Cl2N2O4S. The Morgan fingerprint density at radius 2 is 1.63 bits per heavy atom. The summed E-state index contributed by atoms with van der Waals surface area (Å²) in [4.78, 5) is 12.4. The Morgan fingerprint density at radius 1 is 0.933 bits per heavy atom. The predicted molar refractivity (Wildman–Crippen MR) is 119 cm³/mol. The van der Waals surface area contributed by atoms with Crippen molar-refractivity contribution in [3.63, 3.8) is 0 Å². The number of benzene rings is 3. The van der Waals surface area contributed by atoms with Crippen molar-refractivity contribution in [2.24, 2.45) is 0 Å². The van der Waals surface area contributed by atoms with E-state index in [-0.39, 0.29) is 32.3 Å². The van der Waals surface area contributed by atoms with Crippen molar-refractivity contribution in [3.05, 3.63) is 81.8 Å². The van der Waals surface area contributed by atoms with Gasteiger partial charge in [0.1, 0.15) is 5.75 Å². The molecule has 1 amide bonds. The third kappa shape index (κ3) is 5.05. The minimum absolute atomic E-state index is 0.0620. The zero-order chi connectivity index (χ0) is 21.9. The number of anilines is 2. The fourth-order valence-electron chi connectivity index (χ4n) is 2.62. The van der Waals surface area contributed by atoms with E-state index in [1.54, 1.807) is 24.3 Å². The molecule has 6 nitrogen and oxygen atoms in total. The fraction of sp³-hybridized carbons (Fsp3) is 0.0952. The lowest BCUT2D eigenvalue weighted by atomic mass is 10.1. The van der Waals surface area contributed by atoms with E-state index < -0.39 is 10.0 Å². The largest absolute Gasteiger partial charge is 0.495 e. The molecule has 0 aromatic heterocycles. The van der Waals surface area contributed by atoms with Gasteiger partial charge < -0.3 is 10.1 Å². The van der Waals surface area contributed by atoms with Gasteiger partial charge in [-0.2, -0.15) is 0 Å². The number of carbonyl (C=O) groups excluding carboxylic acids is 1. The molecule has 0 saturated carbocycles. The molecule has 30 heavy (non-hydrogen) atoms. The monoisotopic (exact) mass is 464 g/mol. The SMILES string of the molecule is COc1ccc(NC(=O)c2ccc(C)cc2)cc1NS(=O)(=O)c1ccc(Cl)c(Cl)c1. The molecule has 0 fully saturated rings. The minimum Gasteiger partial charge on any atom is -0.495 e. The molecule has 3 rings (SSSR count). The van der Waals surface area contributed by atoms with Gasteiger partial charge in [0.15, 0.2) is 0 Å². The van der Waals surface area contributed by atoms with Crippen LogP contribution in [0, 0.1) is 6.92 Å². The van der Waals surface area contributed by atoms with Crippen molar-refractivity contribution in [2.75, 3.05) is 17.1 Å². The van der Waals surface area contributed by atoms with Crippen LogP contribution in [0.4, 0.5) is 11.4 Å². The smallest absolute Gasteiger partial charge is 0.262 e. The van der Waals surface area contributed by atoms with Gasteiger partial charge in [-0.25, -0.2) is 8.42 Å². The Morgan fingerprint density at radius 3 is 2.27 bits per heavy atom. The van der Waals surface area contributed by atoms with Gasteiger partial charge in [0.05, 0.1) is 27.7 Å². The zero-order valence-electron chi connectivity index (χ0n) is 16.1. The topological polar surface area (TPSA) is 84.5 Å². The lowest BCUT2D eigenvalue weighted by molar-refractivity contribution is 0.102. The number of nitrogens with one attached hydrogen (secondary N) is 2. The lowest BCUT2D eigenvalue weighted by Gasteiger charge is -2.14. The molecule has 2 N–H and O–H groups in total. The van der Waals surface area contributed by atoms with Crippen molar-refractivity contribution in [1.29, 1.82) is 0 Å². The molecule has 0 spiro atoms. The van der Waals surface area contributed by atoms with Gasteiger partial charge in [0, 0.05) is 11.3 Å². The summed E-state index contributed by atoms with van der Waals surface area (Å²) >= 11 is 11.8. The van der Waals surface area contributed by atoms with Crippen LogP contribution in [0.15, 0.2) is 65.6 Å². The number of hydrogen-bond acceptors (Lipinski definition) is 4. The van der Waals surface area contributed by atoms with Crippen LogP contribution in [0.1, 0.15) is 15.9 Å². The molecular weight excluding hydrogens is 447 g/mol. The molecule has 0 unspecified atom stereocenters. The number of rotatable bonds is 6. The van der Waals surface area contributed by atoms with Gasteiger partial charge in [-0.1, -0.05) is 40.9 Å². The van der Waals surface area contributed by atoms with Crippen molar-refractivity contribution < 1.29 is 17.9 Å². The van der Waals surface area contributed by atoms with Crippen molar-refractivity contribution in [2.45, 2.75) is 11.8 Å². The van der Waals surface area contributed by atoms with Crippen LogP contribution in [-0.2, 0) is 10.0 Å². The van der Waals surface area contributed by atoms with Gasteiger partial charge in [-0.05, 0) is 55.5 Å². The number of carbonyl (C=O) groups is 1. The standard InChI is InChI=1S/C21H18Cl2N2O4S/c1-13-3-5-14(6-4-13)21(26)24-15-7-10-20(29-2)19(11-15)25-30(27,28)16-8-9-17(22)18(23)12-16/h3-12,25H,1-2H3,(H,24,26). The van der Waals surface area contributed by atoms with Gasteiger partial charge >= 0.3 is 0 Å². The van der Waals surface area contributed by atoms with Gasteiger partial charge in [0.2, 0.25) is 0 Å². The van der Waals surface area contributed by atoms with Crippen molar-refractivity contribution >= 4 is 50.5 Å². The van der Waals surface area contributed by atoms with Crippen LogP contribution >= 0.6 is 23.2 Å². The molecule has 0 saturated heterocycles. The number of ether oxygens (including phenoxy) is 1. The second-order valence-electron chi connectivity index (χ2n) is 6.42. The molecule has 0 aliphatic carbocycles. The minimum atomic E-state index is -3.97. The maximum Gasteiger partial charge on any atom is 0.262 e. The fourth-order valence-corrected chi connectivity index (χ4v) is 4.07. The van der Waals surface area contributed by atoms with Crippen LogP contribution < -0.4 is 14.8 Å². The van der Waals surface area contributed by atoms with Crippen LogP contribution in [0.25, 0.3) is 0 Å². The first-order valence-electron chi connectivity index (χ1n) is 8.73. The number of methoxy groups -OCH3 is 1. The van der Waals surface area contributed by atoms with Gasteiger partial charge in [-0.3, -0.25) is 9.52 Å². The van der Waals surface area contributed by atoms with E-state index in [1.807, 2.05) is 19.1 Å². The second kappa shape index (κ2) is 8.95. The summed E-state index contributed by atoms with van der Waals surface area (Å²) in [6.07, 6.45) is 0. The van der Waals surface area contributed by atoms with Crippen molar-refractivity contribution in [1.82, 2.24) is 0 Å². The van der Waals surface area contributed by atoms with Crippen LogP contribution in [0.5, 0.6) is 5.75 Å². The maximum absolute atomic E-state index is 12.8. The average molecular weight is 465 g/mol. The Balaban J connectivity index is 1.88. The quantitative estimate of drug-likeness (QED) is 0.513. The van der Waals surface area contributed by atoms with Crippen molar-refractivity contribution in [3.8, 4) is 5.75 Å². The van der Waals surface area contributed by atoms with E-state index in [2.05, 4.69) is 10.0 Å². The molecule has 0 bridgehead atoms. The van der Waals surface area contributed by atoms with Crippen LogP contribution in [0.3, 0.4) is 0 Å². The summed E-state index contributed by atoms with van der Waals surface area (Å²) in [7, 11) is -2.56. The van der Waals surface area contributed by atoms with E-state index in [0.717, 1.165) is 5.56 Å². The molecule has 0 heterocycles. The Bertz CT molecular complexity index is 1200. The predicted octanol–water partition coefficient (Wildman–Crippen LogP) is 5.36. The molecule has 9 heteroatoms. The molecule has 3 aromatic rings. The normalized spacial score (nSPS) is 11.1. The molecule has 0 radical (unpaired) electrons. The summed E-state index contributed by atoms with van der Waals surface area (Å²) in [5.41, 5.74) is 2.07. The number of aryl methyl sites for hydroxylation is 1. The van der Waals surface area contributed by atoms with E-state index in [9.17, 15) is 13.2 Å². The van der Waals surface area contributed by atoms with Gasteiger partial charge in [0.25, 0.3) is 15.9 Å². The summed E-state index contributed by atoms with van der Waals surface area (Å²) < 4.78 is 33.2. The van der Waals surface area contributed by atoms with E-state index in [4.69, 9.17) is 27.9 Å². The first-order chi connectivity index (χ1) is 14.2. The van der Waals surface area contributed by atoms with E-state index >= 15 is 0 Å². The Hall–Kier alpha value is -2.74. The average Bonchev–Trinajstić information content (AvgIpc) is 2.70. The zero-order valence-corrected chi connectivity index (χ0v) is 18.4. The van der Waals surface area contributed by atoms with E-state index in [1.165, 1.54) is 31.4 Å². The first kappa shape index (κ1) is 22.0. The molecule has 0 aliphatic rings. The number of halogens is 2. The number of hydrogen-bond donors (Lipinski definition) is 2. The molecule has 0 atom stereocenters. The summed E-state index contributed by atoms with van der Waals surface area (Å²) in [5.74, 6) is -0.0366. The lowest BCUT2D eigenvalue weighted by Crippen LogP contribution is -2.15. The maximum atomic E-state index is 12.8. The summed E-state index contributed by atoms with van der Waals surface area (Å²) in [6, 6.07) is 15.7. The summed E-state index contributed by atoms with van der Waals surface area (Å²) in [6.45, 7) is 1.93. The molecule has 3 aromatic carbocycles. The van der Waals surface area contributed by atoms with Crippen LogP contribution in [0.2, 0.25) is 10.0 Å². The summed E-state index contributed by atoms with van der Waals surface area (Å²) in [5, 5.41) is 3.10. The van der Waals surface area contributed by atoms with Gasteiger partial charge in [-0.15, -0.1) is 0 Å². The highest BCUT2D eigenvalue weighted by Gasteiger charge is 2.19. The highest BCUT2D eigenvalue weighted by atomic mass is 35.5. The Kier molecular flexibility index (Phi) is 6.55. The Labute approximate surface area is 184 Å². The first-order valence-corrected chi connectivity index (χ1v) is 11.0. The number of amides is 1. The van der Waals surface area contributed by atoms with Crippen LogP contribution in [-0.4, -0.2) is 21.4 Å². The molecule has 156 valence electrons. The van der Waals surface area contributed by atoms with E-state index in [0.29, 0.717) is 11.3 Å². The highest BCUT2D eigenvalue weighted by Crippen LogP contribution is 2.31. The second-order valence-corrected chi connectivity index (χ2v) is 8.91. The third-order valence-corrected chi connectivity index (χ3v) is 6.32.